The van der Waals surface area contributed by atoms with Gasteiger partial charge in [0.2, 0.25) is 0 Å². The number of hydrogen-bond donors (Lipinski definition) is 2. The normalized spacial score (nSPS) is 14.2. The van der Waals surface area contributed by atoms with E-state index in [0.29, 0.717) is 6.54 Å². The van der Waals surface area contributed by atoms with Gasteiger partial charge >= 0.3 is 0 Å². The van der Waals surface area contributed by atoms with Crippen molar-refractivity contribution in [2.75, 3.05) is 36.5 Å². The molecule has 5 heterocycles. The fraction of sp³-hybridized carbons (Fsp3) is 0.261. The molecule has 1 fully saturated rings. The van der Waals surface area contributed by atoms with Crippen LogP contribution in [0.2, 0.25) is 0 Å². The number of morpholine rings is 1. The van der Waals surface area contributed by atoms with Crippen LogP contribution in [0.1, 0.15) is 16.7 Å². The monoisotopic (exact) mass is 400 g/mol. The molecule has 30 heavy (non-hydrogen) atoms. The van der Waals surface area contributed by atoms with Crippen molar-refractivity contribution in [3.8, 4) is 0 Å². The highest BCUT2D eigenvalue weighted by atomic mass is 16.5. The maximum absolute atomic E-state index is 5.46. The molecule has 0 saturated carbocycles. The lowest BCUT2D eigenvalue weighted by Gasteiger charge is -2.29. The van der Waals surface area contributed by atoms with Gasteiger partial charge in [0, 0.05) is 61.8 Å². The molecule has 4 aromatic rings. The first-order valence-electron chi connectivity index (χ1n) is 10.2. The Labute approximate surface area is 175 Å². The van der Waals surface area contributed by atoms with Gasteiger partial charge in [0.15, 0.2) is 0 Å². The summed E-state index contributed by atoms with van der Waals surface area (Å²) in [5, 5.41) is 4.59. The fourth-order valence-electron chi connectivity index (χ4n) is 3.83. The lowest BCUT2D eigenvalue weighted by Crippen LogP contribution is -2.37. The van der Waals surface area contributed by atoms with Crippen molar-refractivity contribution in [2.24, 2.45) is 0 Å². The van der Waals surface area contributed by atoms with Crippen LogP contribution in [0.3, 0.4) is 0 Å². The summed E-state index contributed by atoms with van der Waals surface area (Å²) < 4.78 is 5.46. The van der Waals surface area contributed by atoms with Crippen molar-refractivity contribution in [1.82, 2.24) is 19.9 Å². The molecule has 1 saturated heterocycles. The molecule has 7 nitrogen and oxygen atoms in total. The van der Waals surface area contributed by atoms with Gasteiger partial charge in [-0.1, -0.05) is 12.1 Å². The highest BCUT2D eigenvalue weighted by Gasteiger charge is 2.15. The molecule has 1 aliphatic heterocycles. The van der Waals surface area contributed by atoms with Crippen molar-refractivity contribution in [2.45, 2.75) is 13.0 Å². The van der Waals surface area contributed by atoms with E-state index in [0.717, 1.165) is 61.0 Å². The van der Waals surface area contributed by atoms with Gasteiger partial charge in [-0.3, -0.25) is 0 Å². The summed E-state index contributed by atoms with van der Waals surface area (Å²) in [4.78, 5) is 19.1. The Morgan fingerprint density at radius 1 is 0.967 bits per heavy atom. The Morgan fingerprint density at radius 3 is 2.70 bits per heavy atom. The van der Waals surface area contributed by atoms with Gasteiger partial charge in [-0.2, -0.15) is 0 Å². The SMILES string of the molecule is c1cnc(N2CCOCC2)c(CNc2ccc(Cc3c[nH]c4ncccc34)cn2)c1. The molecule has 0 atom stereocenters. The summed E-state index contributed by atoms with van der Waals surface area (Å²) >= 11 is 0. The van der Waals surface area contributed by atoms with E-state index >= 15 is 0 Å². The molecule has 0 aromatic carbocycles. The minimum Gasteiger partial charge on any atom is -0.378 e. The smallest absolute Gasteiger partial charge is 0.137 e. The molecule has 7 heteroatoms. The van der Waals surface area contributed by atoms with Gasteiger partial charge in [-0.15, -0.1) is 0 Å². The third-order valence-corrected chi connectivity index (χ3v) is 5.39. The summed E-state index contributed by atoms with van der Waals surface area (Å²) in [7, 11) is 0. The topological polar surface area (TPSA) is 79.0 Å². The van der Waals surface area contributed by atoms with Gasteiger partial charge in [-0.25, -0.2) is 15.0 Å². The zero-order valence-electron chi connectivity index (χ0n) is 16.7. The number of aromatic amines is 1. The minimum atomic E-state index is 0.682. The molecule has 0 bridgehead atoms. The first kappa shape index (κ1) is 18.6. The molecule has 0 aliphatic carbocycles. The van der Waals surface area contributed by atoms with Crippen molar-refractivity contribution in [3.63, 3.8) is 0 Å². The van der Waals surface area contributed by atoms with Crippen molar-refractivity contribution in [1.29, 1.82) is 0 Å². The summed E-state index contributed by atoms with van der Waals surface area (Å²) in [6, 6.07) is 12.3. The Hall–Kier alpha value is -3.45. The van der Waals surface area contributed by atoms with E-state index in [1.54, 1.807) is 6.20 Å². The zero-order valence-corrected chi connectivity index (χ0v) is 16.7. The lowest BCUT2D eigenvalue weighted by molar-refractivity contribution is 0.122. The first-order valence-corrected chi connectivity index (χ1v) is 10.2. The molecule has 4 aromatic heterocycles. The average molecular weight is 400 g/mol. The number of nitrogens with one attached hydrogen (secondary N) is 2. The fourth-order valence-corrected chi connectivity index (χ4v) is 3.83. The molecule has 5 rings (SSSR count). The highest BCUT2D eigenvalue weighted by molar-refractivity contribution is 5.79. The molecule has 1 aliphatic rings. The summed E-state index contributed by atoms with van der Waals surface area (Å²) in [5.41, 5.74) is 4.48. The first-order chi connectivity index (χ1) is 14.9. The average Bonchev–Trinajstić information content (AvgIpc) is 3.22. The molecule has 0 unspecified atom stereocenters. The Morgan fingerprint density at radius 2 is 1.83 bits per heavy atom. The van der Waals surface area contributed by atoms with Crippen LogP contribution < -0.4 is 10.2 Å². The second-order valence-corrected chi connectivity index (χ2v) is 7.38. The van der Waals surface area contributed by atoms with Crippen LogP contribution in [-0.4, -0.2) is 46.2 Å². The largest absolute Gasteiger partial charge is 0.378 e. The van der Waals surface area contributed by atoms with Gasteiger partial charge in [0.05, 0.1) is 13.2 Å². The molecule has 152 valence electrons. The molecule has 0 spiro atoms. The molecule has 0 amide bonds. The van der Waals surface area contributed by atoms with Crippen LogP contribution in [0.4, 0.5) is 11.6 Å². The zero-order chi connectivity index (χ0) is 20.2. The van der Waals surface area contributed by atoms with E-state index < -0.39 is 0 Å². The Balaban J connectivity index is 1.25. The number of nitrogens with zero attached hydrogens (tertiary/aromatic N) is 4. The third-order valence-electron chi connectivity index (χ3n) is 5.39. The molecular formula is C23H24N6O. The lowest BCUT2D eigenvalue weighted by atomic mass is 10.1. The number of aromatic nitrogens is 4. The number of ether oxygens (including phenoxy) is 1. The van der Waals surface area contributed by atoms with E-state index in [1.165, 1.54) is 11.1 Å². The molecule has 2 N–H and O–H groups in total. The van der Waals surface area contributed by atoms with Crippen molar-refractivity contribution >= 4 is 22.7 Å². The molecular weight excluding hydrogens is 376 g/mol. The van der Waals surface area contributed by atoms with E-state index in [9.17, 15) is 0 Å². The summed E-state index contributed by atoms with van der Waals surface area (Å²) in [6.45, 7) is 3.93. The van der Waals surface area contributed by atoms with Gasteiger partial charge in [0.25, 0.3) is 0 Å². The number of hydrogen-bond acceptors (Lipinski definition) is 6. The number of rotatable bonds is 6. The van der Waals surface area contributed by atoms with Crippen molar-refractivity contribution in [3.05, 3.63) is 77.9 Å². The minimum absolute atomic E-state index is 0.682. The number of H-pyrrole nitrogens is 1. The number of fused-ring (bicyclic) bond motifs is 1. The Kier molecular flexibility index (Phi) is 5.26. The number of pyridine rings is 3. The standard InChI is InChI=1S/C23H24N6O/c1-3-18(23(25-8-1)29-9-11-30-12-10-29)15-27-21-6-5-17(14-26-21)13-19-16-28-22-20(19)4-2-7-24-22/h1-8,14,16H,9-13,15H2,(H,24,28)(H,26,27). The van der Waals surface area contributed by atoms with Crippen LogP contribution in [0.5, 0.6) is 0 Å². The van der Waals surface area contributed by atoms with Gasteiger partial charge in [-0.05, 0) is 35.4 Å². The second-order valence-electron chi connectivity index (χ2n) is 7.38. The van der Waals surface area contributed by atoms with Gasteiger partial charge < -0.3 is 19.9 Å². The quantitative estimate of drug-likeness (QED) is 0.517. The Bertz CT molecular complexity index is 1120. The van der Waals surface area contributed by atoms with Crippen LogP contribution in [0.25, 0.3) is 11.0 Å². The number of anilines is 2. The predicted octanol–water partition coefficient (Wildman–Crippen LogP) is 3.39. The van der Waals surface area contributed by atoms with Crippen LogP contribution in [0.15, 0.2) is 61.2 Å². The van der Waals surface area contributed by atoms with Crippen LogP contribution >= 0.6 is 0 Å². The van der Waals surface area contributed by atoms with E-state index in [2.05, 4.69) is 48.4 Å². The van der Waals surface area contributed by atoms with E-state index in [4.69, 9.17) is 4.74 Å². The molecule has 0 radical (unpaired) electrons. The van der Waals surface area contributed by atoms with E-state index in [1.807, 2.05) is 36.8 Å². The van der Waals surface area contributed by atoms with Gasteiger partial charge in [0.1, 0.15) is 17.3 Å². The summed E-state index contributed by atoms with van der Waals surface area (Å²) in [5.74, 6) is 1.88. The second kappa shape index (κ2) is 8.51. The maximum atomic E-state index is 5.46. The van der Waals surface area contributed by atoms with E-state index in [-0.39, 0.29) is 0 Å². The van der Waals surface area contributed by atoms with Crippen molar-refractivity contribution < 1.29 is 4.74 Å². The van der Waals surface area contributed by atoms with Crippen LogP contribution in [-0.2, 0) is 17.7 Å². The summed E-state index contributed by atoms with van der Waals surface area (Å²) in [6.07, 6.45) is 8.44. The van der Waals surface area contributed by atoms with Crippen LogP contribution in [0, 0.1) is 0 Å². The third kappa shape index (κ3) is 3.97. The predicted molar refractivity (Wildman–Crippen MR) is 118 cm³/mol. The highest BCUT2D eigenvalue weighted by Crippen LogP contribution is 2.21. The maximum Gasteiger partial charge on any atom is 0.137 e.